The van der Waals surface area contributed by atoms with Crippen LogP contribution in [0.1, 0.15) is 84.8 Å². The van der Waals surface area contributed by atoms with E-state index in [2.05, 4.69) is 359 Å². The van der Waals surface area contributed by atoms with Crippen molar-refractivity contribution in [2.75, 3.05) is 14.7 Å². The molecule has 0 spiro atoms. The monoisotopic (exact) mass is 1370 g/mol. The Morgan fingerprint density at radius 3 is 0.916 bits per heavy atom. The minimum atomic E-state index is -0.364. The molecule has 0 aromatic heterocycles. The number of hydrogen-bond donors (Lipinski definition) is 0. The molecule has 1 aliphatic heterocycles. The van der Waals surface area contributed by atoms with Crippen LogP contribution >= 0.6 is 31.9 Å². The Bertz CT molecular complexity index is 4520. The SMILES string of the molecule is BrC1=C(Br)C2CCC1C2.C.CC1(C)OB(c2ccc(N(c3ccccc3)c3cccc4ccccc34)cc2)OC1(C)C.c1ccc(N(c2ccc(C3=C(c4ccc(N(c5ccccc5)c5cccc6ccccc56)cc4)C4CCC3C4)cc2)c2cccc3ccccc23)cc1. The molecule has 1 saturated heterocycles. The third-order valence-corrected chi connectivity index (χ3v) is 23.2. The molecule has 3 fully saturated rings. The molecule has 4 aliphatic carbocycles. The smallest absolute Gasteiger partial charge is 0.399 e. The summed E-state index contributed by atoms with van der Waals surface area (Å²) in [6.07, 6.45) is 8.00. The summed E-state index contributed by atoms with van der Waals surface area (Å²) in [5.74, 6) is 2.95. The molecule has 0 radical (unpaired) electrons. The van der Waals surface area contributed by atoms with Gasteiger partial charge >= 0.3 is 7.12 Å². The first-order chi connectivity index (χ1) is 45.9. The zero-order chi connectivity index (χ0) is 63.9. The van der Waals surface area contributed by atoms with Gasteiger partial charge in [0.05, 0.1) is 28.3 Å². The van der Waals surface area contributed by atoms with Gasteiger partial charge in [-0.05, 0) is 225 Å². The molecule has 1 heterocycles. The highest BCUT2D eigenvalue weighted by atomic mass is 79.9. The number of nitrogens with zero attached hydrogens (tertiary/aromatic N) is 3. The summed E-state index contributed by atoms with van der Waals surface area (Å²) in [7, 11) is -0.364. The molecular weight excluding hydrogens is 1290 g/mol. The number of para-hydroxylation sites is 3. The number of rotatable bonds is 12. The fourth-order valence-corrected chi connectivity index (χ4v) is 16.6. The fourth-order valence-electron chi connectivity index (χ4n) is 15.1. The zero-order valence-electron chi connectivity index (χ0n) is 53.8. The molecule has 12 aromatic carbocycles. The fraction of sp³-hybridized carbons (Fsp3) is 0.195. The largest absolute Gasteiger partial charge is 0.494 e. The van der Waals surface area contributed by atoms with Gasteiger partial charge in [-0.1, -0.05) is 239 Å². The van der Waals surface area contributed by atoms with Crippen molar-refractivity contribution in [3.63, 3.8) is 0 Å². The maximum absolute atomic E-state index is 6.24. The summed E-state index contributed by atoms with van der Waals surface area (Å²) in [5.41, 5.74) is 16.5. The lowest BCUT2D eigenvalue weighted by molar-refractivity contribution is 0.00578. The van der Waals surface area contributed by atoms with Gasteiger partial charge in [0, 0.05) is 59.2 Å². The summed E-state index contributed by atoms with van der Waals surface area (Å²) in [4.78, 5) is 7.10. The van der Waals surface area contributed by atoms with Crippen molar-refractivity contribution in [3.8, 4) is 0 Å². The van der Waals surface area contributed by atoms with Gasteiger partial charge in [0.1, 0.15) is 0 Å². The zero-order valence-corrected chi connectivity index (χ0v) is 56.9. The molecule has 4 bridgehead atoms. The number of benzene rings is 12. The molecule has 12 aromatic rings. The topological polar surface area (TPSA) is 28.2 Å². The van der Waals surface area contributed by atoms with Crippen molar-refractivity contribution >= 4 is 139 Å². The van der Waals surface area contributed by atoms with Crippen molar-refractivity contribution in [2.45, 2.75) is 84.8 Å². The van der Waals surface area contributed by atoms with E-state index in [1.165, 1.54) is 114 Å². The molecule has 4 atom stereocenters. The van der Waals surface area contributed by atoms with E-state index in [4.69, 9.17) is 9.31 Å². The molecule has 8 heteroatoms. The third-order valence-electron chi connectivity index (χ3n) is 20.5. The van der Waals surface area contributed by atoms with Gasteiger partial charge in [0.2, 0.25) is 0 Å². The highest BCUT2D eigenvalue weighted by molar-refractivity contribution is 9.14. The van der Waals surface area contributed by atoms with Gasteiger partial charge in [0.15, 0.2) is 0 Å². The number of hydrogen-bond acceptors (Lipinski definition) is 5. The Morgan fingerprint density at radius 2 is 0.589 bits per heavy atom. The van der Waals surface area contributed by atoms with E-state index in [1.54, 1.807) is 11.1 Å². The molecule has 95 heavy (non-hydrogen) atoms. The van der Waals surface area contributed by atoms with E-state index in [0.717, 1.165) is 45.7 Å². The van der Waals surface area contributed by atoms with Crippen molar-refractivity contribution < 1.29 is 9.31 Å². The van der Waals surface area contributed by atoms with E-state index in [9.17, 15) is 0 Å². The van der Waals surface area contributed by atoms with Crippen LogP contribution in [0.3, 0.4) is 0 Å². The Morgan fingerprint density at radius 1 is 0.316 bits per heavy atom. The minimum absolute atomic E-state index is 0. The minimum Gasteiger partial charge on any atom is -0.399 e. The second-order valence-corrected chi connectivity index (χ2v) is 28.4. The lowest BCUT2D eigenvalue weighted by Gasteiger charge is -2.32. The lowest BCUT2D eigenvalue weighted by atomic mass is 9.79. The standard InChI is InChI=1S/C51H40N2.C28H28BNO2.C7H8Br2.CH4/c1-3-17-42(18-4-1)52(48-23-11-15-36-13-7-9-21-46(36)48)44-31-27-38(28-32-44)50-40-25-26-41(35-40)51(50)39-29-33-45(34-30-39)53(43-19-5-2-6-20-43)49-24-12-16-37-14-8-10-22-47(37)49;1-27(2)28(3,4)32-29(31-27)22-17-19-24(20-18-22)30(23-13-6-5-7-14-23)26-16-10-12-21-11-8-9-15-25(21)26;8-6-4-1-2-5(3-4)7(6)9;/h1-24,27-34,40-41H,25-26,35H2;5-20H,1-4H3;4-5H,1-3H2;1H4. The summed E-state index contributed by atoms with van der Waals surface area (Å²) in [6.45, 7) is 8.33. The second-order valence-electron chi connectivity index (χ2n) is 26.7. The van der Waals surface area contributed by atoms with Gasteiger partial charge in [0.25, 0.3) is 0 Å². The Labute approximate surface area is 578 Å². The Hall–Kier alpha value is -8.76. The van der Waals surface area contributed by atoms with Gasteiger partial charge in [-0.2, -0.15) is 0 Å². The summed E-state index contributed by atoms with van der Waals surface area (Å²) in [5, 5.41) is 7.42. The van der Waals surface area contributed by atoms with Crippen molar-refractivity contribution in [2.24, 2.45) is 23.7 Å². The van der Waals surface area contributed by atoms with Crippen LogP contribution in [0.2, 0.25) is 0 Å². The van der Waals surface area contributed by atoms with E-state index in [0.29, 0.717) is 11.8 Å². The highest BCUT2D eigenvalue weighted by Gasteiger charge is 2.52. The van der Waals surface area contributed by atoms with Crippen molar-refractivity contribution in [1.82, 2.24) is 0 Å². The molecule has 4 unspecified atom stereocenters. The molecule has 5 nitrogen and oxygen atoms in total. The molecule has 0 N–H and O–H groups in total. The Kier molecular flexibility index (Phi) is 18.2. The van der Waals surface area contributed by atoms with E-state index < -0.39 is 0 Å². The van der Waals surface area contributed by atoms with E-state index in [-0.39, 0.29) is 25.7 Å². The third kappa shape index (κ3) is 12.5. The second kappa shape index (κ2) is 27.2. The molecule has 472 valence electrons. The maximum Gasteiger partial charge on any atom is 0.494 e. The quantitative estimate of drug-likeness (QED) is 0.114. The molecule has 17 rings (SSSR count). The number of halogens is 2. The van der Waals surface area contributed by atoms with Crippen molar-refractivity contribution in [3.05, 3.63) is 311 Å². The molecular formula is C87H80BBr2N3O2. The number of fused-ring (bicyclic) bond motifs is 7. The van der Waals surface area contributed by atoms with E-state index in [1.807, 2.05) is 6.07 Å². The van der Waals surface area contributed by atoms with Gasteiger partial charge < -0.3 is 24.0 Å². The van der Waals surface area contributed by atoms with Gasteiger partial charge in [-0.15, -0.1) is 0 Å². The average molecular weight is 1370 g/mol. The summed E-state index contributed by atoms with van der Waals surface area (Å²) in [6, 6.07) is 105. The molecule has 0 amide bonds. The normalized spacial score (nSPS) is 18.7. The van der Waals surface area contributed by atoms with Gasteiger partial charge in [-0.25, -0.2) is 0 Å². The first-order valence-corrected chi connectivity index (χ1v) is 35.0. The van der Waals surface area contributed by atoms with Gasteiger partial charge in [-0.3, -0.25) is 0 Å². The predicted molar refractivity (Wildman–Crippen MR) is 412 cm³/mol. The molecule has 5 aliphatic rings. The first kappa shape index (κ1) is 63.6. The van der Waals surface area contributed by atoms with Crippen molar-refractivity contribution in [1.29, 1.82) is 0 Å². The van der Waals surface area contributed by atoms with Crippen LogP contribution in [-0.2, 0) is 9.31 Å². The van der Waals surface area contributed by atoms with Crippen LogP contribution in [0.15, 0.2) is 300 Å². The van der Waals surface area contributed by atoms with E-state index >= 15 is 0 Å². The van der Waals surface area contributed by atoms with Crippen LogP contribution in [-0.4, -0.2) is 18.3 Å². The predicted octanol–water partition coefficient (Wildman–Crippen LogP) is 24.9. The van der Waals surface area contributed by atoms with Crippen LogP contribution in [0, 0.1) is 23.7 Å². The van der Waals surface area contributed by atoms with Crippen LogP contribution in [0.4, 0.5) is 51.2 Å². The first-order valence-electron chi connectivity index (χ1n) is 33.4. The molecule has 2 saturated carbocycles. The summed E-state index contributed by atoms with van der Waals surface area (Å²) >= 11 is 7.19. The lowest BCUT2D eigenvalue weighted by Crippen LogP contribution is -2.41. The van der Waals surface area contributed by atoms with Crippen LogP contribution < -0.4 is 20.2 Å². The maximum atomic E-state index is 6.24. The Balaban J connectivity index is 0.000000156. The van der Waals surface area contributed by atoms with Crippen LogP contribution in [0.25, 0.3) is 43.5 Å². The number of anilines is 9. The highest BCUT2D eigenvalue weighted by Crippen LogP contribution is 2.57. The van der Waals surface area contributed by atoms with Crippen LogP contribution in [0.5, 0.6) is 0 Å². The number of allylic oxidation sites excluding steroid dienone is 4. The summed E-state index contributed by atoms with van der Waals surface area (Å²) < 4.78 is 15.4. The average Bonchev–Trinajstić information content (AvgIpc) is 1.69.